The summed E-state index contributed by atoms with van der Waals surface area (Å²) >= 11 is 6.08. The predicted octanol–water partition coefficient (Wildman–Crippen LogP) is 3.13. The van der Waals surface area contributed by atoms with Crippen molar-refractivity contribution in [3.8, 4) is 5.75 Å². The number of sulfonamides is 1. The van der Waals surface area contributed by atoms with Gasteiger partial charge in [0, 0.05) is 5.02 Å². The molecule has 154 valence electrons. The maximum absolute atomic E-state index is 12.2. The van der Waals surface area contributed by atoms with E-state index in [1.165, 1.54) is 12.3 Å². The number of hydrogen-bond acceptors (Lipinski definition) is 5. The van der Waals surface area contributed by atoms with Gasteiger partial charge in [-0.1, -0.05) is 42.5 Å². The molecular formula is C20H22ClN3O4S. The molecule has 9 heteroatoms. The Balaban J connectivity index is 2.06. The number of hydrazone groups is 1. The smallest absolute Gasteiger partial charge is 0.260 e. The zero-order valence-corrected chi connectivity index (χ0v) is 17.7. The van der Waals surface area contributed by atoms with E-state index in [9.17, 15) is 13.2 Å². The molecule has 7 nitrogen and oxygen atoms in total. The van der Waals surface area contributed by atoms with Crippen molar-refractivity contribution >= 4 is 39.4 Å². The van der Waals surface area contributed by atoms with E-state index in [0.717, 1.165) is 16.1 Å². The number of hydrogen-bond donors (Lipinski definition) is 1. The third-order valence-electron chi connectivity index (χ3n) is 3.76. The van der Waals surface area contributed by atoms with Crippen LogP contribution in [0, 0.1) is 6.92 Å². The van der Waals surface area contributed by atoms with Gasteiger partial charge in [-0.05, 0) is 42.3 Å². The highest BCUT2D eigenvalue weighted by Gasteiger charge is 2.21. The van der Waals surface area contributed by atoms with E-state index in [1.807, 2.05) is 0 Å². The summed E-state index contributed by atoms with van der Waals surface area (Å²) in [5, 5.41) is 4.29. The molecule has 0 aliphatic carbocycles. The van der Waals surface area contributed by atoms with Crippen molar-refractivity contribution in [3.63, 3.8) is 0 Å². The maximum atomic E-state index is 12.2. The van der Waals surface area contributed by atoms with E-state index in [-0.39, 0.29) is 0 Å². The molecule has 1 amide bonds. The van der Waals surface area contributed by atoms with Crippen LogP contribution in [-0.4, -0.2) is 39.9 Å². The van der Waals surface area contributed by atoms with Gasteiger partial charge in [0.15, 0.2) is 0 Å². The van der Waals surface area contributed by atoms with Crippen LogP contribution in [0.2, 0.25) is 5.02 Å². The highest BCUT2D eigenvalue weighted by molar-refractivity contribution is 7.92. The molecule has 2 aromatic rings. The number of nitrogens with one attached hydrogen (secondary N) is 1. The summed E-state index contributed by atoms with van der Waals surface area (Å²) in [5.41, 5.74) is 4.14. The Morgan fingerprint density at radius 2 is 2.07 bits per heavy atom. The lowest BCUT2D eigenvalue weighted by molar-refractivity contribution is -0.119. The van der Waals surface area contributed by atoms with Gasteiger partial charge in [-0.3, -0.25) is 9.10 Å². The Morgan fingerprint density at radius 3 is 2.72 bits per heavy atom. The highest BCUT2D eigenvalue weighted by atomic mass is 35.5. The lowest BCUT2D eigenvalue weighted by Gasteiger charge is -2.21. The zero-order chi connectivity index (χ0) is 21.4. The standard InChI is InChI=1S/C20H22ClN3O4S/c1-4-10-28-18-7-5-6-16(11-18)13-22-23-20(25)14-24(29(3,26)27)17-9-8-15(2)19(21)12-17/h4-9,11-13H,1,10,14H2,2-3H3,(H,23,25)/b22-13-. The first-order valence-corrected chi connectivity index (χ1v) is 10.8. The van der Waals surface area contributed by atoms with E-state index in [0.29, 0.717) is 28.6 Å². The molecule has 0 bridgehead atoms. The largest absolute Gasteiger partial charge is 0.490 e. The first kappa shape index (κ1) is 22.4. The van der Waals surface area contributed by atoms with E-state index in [2.05, 4.69) is 17.1 Å². The summed E-state index contributed by atoms with van der Waals surface area (Å²) in [6.07, 6.45) is 4.09. The molecule has 0 aliphatic rings. The van der Waals surface area contributed by atoms with Gasteiger partial charge in [0.25, 0.3) is 5.91 Å². The van der Waals surface area contributed by atoms with E-state index >= 15 is 0 Å². The van der Waals surface area contributed by atoms with Gasteiger partial charge in [-0.2, -0.15) is 5.10 Å². The summed E-state index contributed by atoms with van der Waals surface area (Å²) in [4.78, 5) is 12.2. The summed E-state index contributed by atoms with van der Waals surface area (Å²) in [5.74, 6) is 0.0436. The van der Waals surface area contributed by atoms with E-state index in [4.69, 9.17) is 16.3 Å². The summed E-state index contributed by atoms with van der Waals surface area (Å²) < 4.78 is 30.6. The fraction of sp³-hybridized carbons (Fsp3) is 0.200. The van der Waals surface area contributed by atoms with Crippen LogP contribution < -0.4 is 14.5 Å². The van der Waals surface area contributed by atoms with Crippen LogP contribution in [-0.2, 0) is 14.8 Å². The molecule has 0 radical (unpaired) electrons. The number of carbonyl (C=O) groups is 1. The van der Waals surface area contributed by atoms with Crippen molar-refractivity contribution in [2.75, 3.05) is 23.7 Å². The SMILES string of the molecule is C=CCOc1cccc(/C=N\NC(=O)CN(c2ccc(C)c(Cl)c2)S(C)(=O)=O)c1. The number of aryl methyl sites for hydroxylation is 1. The fourth-order valence-electron chi connectivity index (χ4n) is 2.32. The lowest BCUT2D eigenvalue weighted by Crippen LogP contribution is -2.39. The molecule has 0 aromatic heterocycles. The molecule has 0 unspecified atom stereocenters. The van der Waals surface area contributed by atoms with Crippen LogP contribution in [0.4, 0.5) is 5.69 Å². The van der Waals surface area contributed by atoms with Gasteiger partial charge < -0.3 is 4.74 Å². The van der Waals surface area contributed by atoms with Crippen molar-refractivity contribution < 1.29 is 17.9 Å². The fourth-order valence-corrected chi connectivity index (χ4v) is 3.34. The Labute approximate surface area is 175 Å². The zero-order valence-electron chi connectivity index (χ0n) is 16.1. The topological polar surface area (TPSA) is 88.1 Å². The number of carbonyl (C=O) groups excluding carboxylic acids is 1. The lowest BCUT2D eigenvalue weighted by atomic mass is 10.2. The molecule has 0 fully saturated rings. The molecule has 0 atom stereocenters. The summed E-state index contributed by atoms with van der Waals surface area (Å²) in [6.45, 7) is 5.33. The van der Waals surface area contributed by atoms with Crippen molar-refractivity contribution in [2.24, 2.45) is 5.10 Å². The molecule has 2 aromatic carbocycles. The van der Waals surface area contributed by atoms with Gasteiger partial charge in [0.1, 0.15) is 18.9 Å². The molecule has 0 aliphatic heterocycles. The third-order valence-corrected chi connectivity index (χ3v) is 5.31. The minimum Gasteiger partial charge on any atom is -0.490 e. The minimum atomic E-state index is -3.70. The number of rotatable bonds is 9. The number of amides is 1. The molecule has 2 rings (SSSR count). The number of benzene rings is 2. The molecule has 1 N–H and O–H groups in total. The monoisotopic (exact) mass is 435 g/mol. The van der Waals surface area contributed by atoms with Crippen molar-refractivity contribution in [1.82, 2.24) is 5.43 Å². The number of anilines is 1. The minimum absolute atomic E-state index is 0.300. The summed E-state index contributed by atoms with van der Waals surface area (Å²) in [7, 11) is -3.70. The average Bonchev–Trinajstić information content (AvgIpc) is 2.66. The molecule has 0 heterocycles. The summed E-state index contributed by atoms with van der Waals surface area (Å²) in [6, 6.07) is 11.9. The number of halogens is 1. The van der Waals surface area contributed by atoms with Crippen LogP contribution in [0.25, 0.3) is 0 Å². The average molecular weight is 436 g/mol. The van der Waals surface area contributed by atoms with E-state index in [1.54, 1.807) is 49.4 Å². The molecule has 0 saturated carbocycles. The normalized spacial score (nSPS) is 11.3. The third kappa shape index (κ3) is 6.92. The van der Waals surface area contributed by atoms with Gasteiger partial charge in [0.2, 0.25) is 10.0 Å². The molecule has 29 heavy (non-hydrogen) atoms. The molecule has 0 saturated heterocycles. The molecular weight excluding hydrogens is 414 g/mol. The first-order valence-electron chi connectivity index (χ1n) is 8.60. The van der Waals surface area contributed by atoms with E-state index < -0.39 is 22.5 Å². The highest BCUT2D eigenvalue weighted by Crippen LogP contribution is 2.24. The quantitative estimate of drug-likeness (QED) is 0.372. The van der Waals surface area contributed by atoms with Crippen molar-refractivity contribution in [3.05, 3.63) is 71.3 Å². The maximum Gasteiger partial charge on any atom is 0.260 e. The van der Waals surface area contributed by atoms with Gasteiger partial charge >= 0.3 is 0 Å². The Kier molecular flexibility index (Phi) is 7.81. The van der Waals surface area contributed by atoms with Crippen LogP contribution in [0.1, 0.15) is 11.1 Å². The predicted molar refractivity (Wildman–Crippen MR) is 116 cm³/mol. The Bertz CT molecular complexity index is 1020. The van der Waals surface area contributed by atoms with Crippen molar-refractivity contribution in [2.45, 2.75) is 6.92 Å². The molecule has 0 spiro atoms. The van der Waals surface area contributed by atoms with Crippen LogP contribution >= 0.6 is 11.6 Å². The van der Waals surface area contributed by atoms with Crippen LogP contribution in [0.3, 0.4) is 0 Å². The first-order chi connectivity index (χ1) is 13.7. The van der Waals surface area contributed by atoms with Gasteiger partial charge in [-0.25, -0.2) is 13.8 Å². The van der Waals surface area contributed by atoms with Crippen LogP contribution in [0.5, 0.6) is 5.75 Å². The van der Waals surface area contributed by atoms with Gasteiger partial charge in [0.05, 0.1) is 18.2 Å². The second-order valence-corrected chi connectivity index (χ2v) is 8.48. The number of nitrogens with zero attached hydrogens (tertiary/aromatic N) is 2. The van der Waals surface area contributed by atoms with Crippen LogP contribution in [0.15, 0.2) is 60.2 Å². The van der Waals surface area contributed by atoms with Crippen molar-refractivity contribution in [1.29, 1.82) is 0 Å². The number of ether oxygens (including phenoxy) is 1. The van der Waals surface area contributed by atoms with Gasteiger partial charge in [-0.15, -0.1) is 0 Å². The Hall–Kier alpha value is -2.84. The second kappa shape index (κ2) is 10.1. The second-order valence-electron chi connectivity index (χ2n) is 6.17. The Morgan fingerprint density at radius 1 is 1.31 bits per heavy atom.